The zero-order valence-electron chi connectivity index (χ0n) is 19.9. The number of rotatable bonds is 3. The average molecular weight is 501 g/mol. The number of hydrogen-bond donors (Lipinski definition) is 7. The molecule has 0 spiro atoms. The Hall–Kier alpha value is -3.74. The number of ketones is 2. The number of likely N-dealkylation sites (N-methyl/N-ethyl adjacent to an activating group) is 1. The Balaban J connectivity index is 2.07. The lowest BCUT2D eigenvalue weighted by atomic mass is 9.54. The molecule has 2 amide bonds. The molecule has 6 unspecified atom stereocenters. The van der Waals surface area contributed by atoms with Crippen molar-refractivity contribution in [3.05, 3.63) is 40.2 Å². The lowest BCUT2D eigenvalue weighted by Crippen LogP contribution is -2.70. The van der Waals surface area contributed by atoms with Crippen LogP contribution in [0.5, 0.6) is 5.75 Å². The molecule has 0 radical (unpaired) electrons. The highest BCUT2D eigenvalue weighted by Gasteiger charge is 2.68. The number of amides is 2. The molecule has 0 aromatic heterocycles. The van der Waals surface area contributed by atoms with Crippen LogP contribution in [-0.2, 0) is 19.2 Å². The number of hydrogen-bond acceptors (Lipinski definition) is 10. The van der Waals surface area contributed by atoms with E-state index in [0.29, 0.717) is 0 Å². The average Bonchev–Trinajstić information content (AvgIpc) is 2.76. The molecule has 0 bridgehead atoms. The van der Waals surface area contributed by atoms with Gasteiger partial charge in [0.25, 0.3) is 5.91 Å². The molecule has 4 rings (SSSR count). The Morgan fingerprint density at radius 2 is 1.75 bits per heavy atom. The highest BCUT2D eigenvalue weighted by Crippen LogP contribution is 2.57. The molecule has 1 aromatic carbocycles. The molecule has 1 saturated carbocycles. The topological polar surface area (TPSA) is 211 Å². The second kappa shape index (κ2) is 8.15. The fraction of sp³-hybridized carbons (Fsp3) is 0.417. The van der Waals surface area contributed by atoms with Gasteiger partial charge in [0, 0.05) is 24.1 Å². The Kier molecular flexibility index (Phi) is 5.74. The van der Waals surface area contributed by atoms with Gasteiger partial charge in [0.05, 0.1) is 23.6 Å². The van der Waals surface area contributed by atoms with Gasteiger partial charge in [-0.1, -0.05) is 6.92 Å². The summed E-state index contributed by atoms with van der Waals surface area (Å²) in [6.07, 6.45) is -1.71. The van der Waals surface area contributed by atoms with Gasteiger partial charge in [-0.25, -0.2) is 0 Å². The first-order valence-electron chi connectivity index (χ1n) is 11.1. The fourth-order valence-corrected chi connectivity index (χ4v) is 6.00. The smallest absolute Gasteiger partial charge is 0.255 e. The molecule has 0 heterocycles. The minimum atomic E-state index is -2.98. The monoisotopic (exact) mass is 501 g/mol. The summed E-state index contributed by atoms with van der Waals surface area (Å²) >= 11 is 0. The maximum atomic E-state index is 13.8. The molecule has 6 atom stereocenters. The van der Waals surface area contributed by atoms with Crippen LogP contribution in [0.1, 0.15) is 30.9 Å². The molecule has 192 valence electrons. The number of phenolic OH excluding ortho intramolecular Hbond substituents is 1. The Morgan fingerprint density at radius 3 is 2.28 bits per heavy atom. The summed E-state index contributed by atoms with van der Waals surface area (Å²) in [6, 6.07) is 1.15. The van der Waals surface area contributed by atoms with Crippen molar-refractivity contribution in [3.63, 3.8) is 0 Å². The summed E-state index contributed by atoms with van der Waals surface area (Å²) < 4.78 is 0. The van der Waals surface area contributed by atoms with Gasteiger partial charge in [0.2, 0.25) is 11.7 Å². The molecule has 1 aromatic rings. The normalized spacial score (nSPS) is 31.7. The third kappa shape index (κ3) is 3.11. The van der Waals surface area contributed by atoms with Crippen LogP contribution in [0.4, 0.5) is 5.69 Å². The highest BCUT2D eigenvalue weighted by atomic mass is 16.4. The molecule has 12 nitrogen and oxygen atoms in total. The van der Waals surface area contributed by atoms with Gasteiger partial charge >= 0.3 is 0 Å². The van der Waals surface area contributed by atoms with Gasteiger partial charge in [0.1, 0.15) is 22.8 Å². The molecular formula is C24H27N3O9. The maximum Gasteiger partial charge on any atom is 0.255 e. The van der Waals surface area contributed by atoms with E-state index in [4.69, 9.17) is 5.73 Å². The van der Waals surface area contributed by atoms with E-state index in [1.165, 1.54) is 38.1 Å². The first kappa shape index (κ1) is 25.4. The summed E-state index contributed by atoms with van der Waals surface area (Å²) in [7, 11) is 2.85. The summed E-state index contributed by atoms with van der Waals surface area (Å²) in [6.45, 7) is 2.84. The van der Waals surface area contributed by atoms with E-state index >= 15 is 0 Å². The number of nitrogens with zero attached hydrogens (tertiary/aromatic N) is 1. The number of anilines is 1. The number of fused-ring (bicyclic) bond motifs is 3. The predicted molar refractivity (Wildman–Crippen MR) is 125 cm³/mol. The lowest BCUT2D eigenvalue weighted by molar-refractivity contribution is -0.169. The number of primary amides is 1. The van der Waals surface area contributed by atoms with Crippen molar-refractivity contribution in [1.82, 2.24) is 4.90 Å². The molecular weight excluding hydrogens is 474 g/mol. The highest BCUT2D eigenvalue weighted by molar-refractivity contribution is 6.24. The summed E-state index contributed by atoms with van der Waals surface area (Å²) in [5, 5.41) is 58.4. The summed E-state index contributed by atoms with van der Waals surface area (Å²) in [5.74, 6) is -10.3. The molecule has 0 aliphatic heterocycles. The number of carbonyl (C=O) groups excluding carboxylic acids is 4. The van der Waals surface area contributed by atoms with Crippen LogP contribution in [0, 0.1) is 11.8 Å². The molecule has 36 heavy (non-hydrogen) atoms. The number of nitrogens with one attached hydrogen (secondary N) is 1. The number of carbonyl (C=O) groups is 4. The third-order valence-electron chi connectivity index (χ3n) is 7.42. The maximum absolute atomic E-state index is 13.8. The number of phenols is 1. The number of aromatic hydroxyl groups is 1. The van der Waals surface area contributed by atoms with Crippen molar-refractivity contribution in [3.8, 4) is 5.75 Å². The number of nitrogens with two attached hydrogens (primary N) is 1. The van der Waals surface area contributed by atoms with Gasteiger partial charge in [-0.3, -0.25) is 24.1 Å². The van der Waals surface area contributed by atoms with E-state index in [9.17, 15) is 44.7 Å². The first-order chi connectivity index (χ1) is 16.7. The third-order valence-corrected chi connectivity index (χ3v) is 7.42. The van der Waals surface area contributed by atoms with Crippen LogP contribution in [-0.4, -0.2) is 85.7 Å². The summed E-state index contributed by atoms with van der Waals surface area (Å²) in [5.41, 5.74) is 1.08. The Morgan fingerprint density at radius 1 is 1.14 bits per heavy atom. The lowest BCUT2D eigenvalue weighted by Gasteiger charge is -2.53. The van der Waals surface area contributed by atoms with Gasteiger partial charge in [-0.15, -0.1) is 0 Å². The van der Waals surface area contributed by atoms with E-state index in [1.807, 2.05) is 0 Å². The standard InChI is InChI=1S/C24H27N3O9/c1-7-11-9(26-8(2)28)5-6-10(29)13(11)18(30)14-12(7)19(31)16-17(27(3)4)20(32)15(23(25)35)22(34)24(16,36)21(14)33/h5-7,12,16-17,19,29-31,34,36H,1-4H3,(H2,25,35)(H,26,28). The first-order valence-corrected chi connectivity index (χ1v) is 11.1. The number of aliphatic hydroxyl groups is 4. The van der Waals surface area contributed by atoms with E-state index < -0.39 is 87.3 Å². The van der Waals surface area contributed by atoms with E-state index in [0.717, 1.165) is 0 Å². The van der Waals surface area contributed by atoms with Gasteiger partial charge in [-0.2, -0.15) is 0 Å². The van der Waals surface area contributed by atoms with Crippen molar-refractivity contribution in [2.75, 3.05) is 19.4 Å². The van der Waals surface area contributed by atoms with Crippen LogP contribution < -0.4 is 11.1 Å². The van der Waals surface area contributed by atoms with Crippen molar-refractivity contribution < 1.29 is 44.7 Å². The minimum Gasteiger partial charge on any atom is -0.508 e. The van der Waals surface area contributed by atoms with Crippen molar-refractivity contribution in [2.24, 2.45) is 17.6 Å². The van der Waals surface area contributed by atoms with Gasteiger partial charge in [-0.05, 0) is 37.7 Å². The number of aliphatic hydroxyl groups excluding tert-OH is 3. The van der Waals surface area contributed by atoms with Crippen LogP contribution in [0.3, 0.4) is 0 Å². The van der Waals surface area contributed by atoms with Gasteiger partial charge in [0.15, 0.2) is 11.4 Å². The van der Waals surface area contributed by atoms with Gasteiger partial charge < -0.3 is 36.6 Å². The number of Topliss-reactive ketones (excluding diaryl/α,β-unsaturated/α-hetero) is 2. The van der Waals surface area contributed by atoms with E-state index in [-0.39, 0.29) is 16.8 Å². The molecule has 1 fully saturated rings. The fourth-order valence-electron chi connectivity index (χ4n) is 6.00. The van der Waals surface area contributed by atoms with Crippen molar-refractivity contribution in [2.45, 2.75) is 37.5 Å². The second-order valence-electron chi connectivity index (χ2n) is 9.65. The van der Waals surface area contributed by atoms with Crippen LogP contribution in [0.2, 0.25) is 0 Å². The second-order valence-corrected chi connectivity index (χ2v) is 9.65. The van der Waals surface area contributed by atoms with Crippen LogP contribution >= 0.6 is 0 Å². The summed E-state index contributed by atoms with van der Waals surface area (Å²) in [4.78, 5) is 52.1. The molecule has 3 aliphatic rings. The molecule has 12 heteroatoms. The molecule has 8 N–H and O–H groups in total. The quantitative estimate of drug-likeness (QED) is 0.207. The molecule has 3 aliphatic carbocycles. The number of benzene rings is 1. The van der Waals surface area contributed by atoms with Crippen LogP contribution in [0.25, 0.3) is 5.76 Å². The van der Waals surface area contributed by atoms with Crippen molar-refractivity contribution >= 4 is 34.8 Å². The Bertz CT molecular complexity index is 1300. The van der Waals surface area contributed by atoms with E-state index in [1.54, 1.807) is 6.92 Å². The largest absolute Gasteiger partial charge is 0.508 e. The zero-order chi connectivity index (χ0) is 27.0. The minimum absolute atomic E-state index is 0.197. The zero-order valence-corrected chi connectivity index (χ0v) is 19.9. The van der Waals surface area contributed by atoms with Crippen LogP contribution in [0.15, 0.2) is 29.0 Å². The van der Waals surface area contributed by atoms with E-state index in [2.05, 4.69) is 5.32 Å². The molecule has 0 saturated heterocycles. The Labute approximate surface area is 205 Å². The van der Waals surface area contributed by atoms with Crippen molar-refractivity contribution in [1.29, 1.82) is 0 Å². The predicted octanol–water partition coefficient (Wildman–Crippen LogP) is -0.546. The SMILES string of the molecule is CC(=O)Nc1ccc(O)c2c1C(C)C1C(=C2O)C(=O)C2(O)C(O)=C(C(N)=O)C(=O)C(N(C)C)C2C1O.